The molecule has 0 fully saturated rings. The molecule has 0 saturated heterocycles. The van der Waals surface area contributed by atoms with Crippen LogP contribution in [-0.4, -0.2) is 6.54 Å². The lowest BCUT2D eigenvalue weighted by Gasteiger charge is -2.05. The maximum Gasteiger partial charge on any atom is 0.132 e. The summed E-state index contributed by atoms with van der Waals surface area (Å²) in [5.74, 6) is -0.896. The van der Waals surface area contributed by atoms with E-state index in [2.05, 4.69) is 0 Å². The predicted molar refractivity (Wildman–Crippen MR) is 53.1 cm³/mol. The van der Waals surface area contributed by atoms with Gasteiger partial charge in [0.2, 0.25) is 0 Å². The molecule has 0 heterocycles. The topological polar surface area (TPSA) is 26.0 Å². The predicted octanol–water partition coefficient (Wildman–Crippen LogP) is 2.55. The first-order valence-electron chi connectivity index (χ1n) is 4.80. The van der Waals surface area contributed by atoms with E-state index in [1.807, 2.05) is 0 Å². The molecule has 1 aromatic rings. The van der Waals surface area contributed by atoms with E-state index < -0.39 is 11.6 Å². The van der Waals surface area contributed by atoms with Crippen LogP contribution in [0, 0.1) is 18.6 Å². The molecule has 1 aromatic carbocycles. The molecule has 0 aliphatic rings. The molecule has 0 aliphatic heterocycles. The van der Waals surface area contributed by atoms with E-state index >= 15 is 0 Å². The Balaban J connectivity index is 2.73. The van der Waals surface area contributed by atoms with E-state index in [4.69, 9.17) is 5.73 Å². The summed E-state index contributed by atoms with van der Waals surface area (Å²) in [5, 5.41) is 0. The van der Waals surface area contributed by atoms with Crippen LogP contribution in [0.2, 0.25) is 0 Å². The minimum atomic E-state index is -0.481. The van der Waals surface area contributed by atoms with Gasteiger partial charge in [-0.05, 0) is 44.4 Å². The molecule has 1 rings (SSSR count). The first kappa shape index (κ1) is 11.1. The molecule has 0 spiro atoms. The molecular weight excluding hydrogens is 184 g/mol. The molecular formula is C11H15F2N. The summed E-state index contributed by atoms with van der Waals surface area (Å²) in [5.41, 5.74) is 6.02. The van der Waals surface area contributed by atoms with Crippen LogP contribution < -0.4 is 5.73 Å². The van der Waals surface area contributed by atoms with Crippen LogP contribution in [0.3, 0.4) is 0 Å². The van der Waals surface area contributed by atoms with Gasteiger partial charge < -0.3 is 5.73 Å². The molecule has 78 valence electrons. The van der Waals surface area contributed by atoms with E-state index in [0.717, 1.165) is 12.8 Å². The quantitative estimate of drug-likeness (QED) is 0.741. The van der Waals surface area contributed by atoms with Crippen LogP contribution in [0.4, 0.5) is 8.78 Å². The van der Waals surface area contributed by atoms with Crippen molar-refractivity contribution in [3.05, 3.63) is 34.9 Å². The summed E-state index contributed by atoms with van der Waals surface area (Å²) in [6.07, 6.45) is 2.35. The van der Waals surface area contributed by atoms with Crippen molar-refractivity contribution in [3.8, 4) is 0 Å². The van der Waals surface area contributed by atoms with Gasteiger partial charge in [-0.3, -0.25) is 0 Å². The lowest BCUT2D eigenvalue weighted by molar-refractivity contribution is 0.553. The summed E-state index contributed by atoms with van der Waals surface area (Å²) in [7, 11) is 0. The highest BCUT2D eigenvalue weighted by Gasteiger charge is 2.08. The minimum Gasteiger partial charge on any atom is -0.330 e. The number of aryl methyl sites for hydroxylation is 1. The Bertz CT molecular complexity index is 310. The van der Waals surface area contributed by atoms with Gasteiger partial charge in [0.05, 0.1) is 0 Å². The van der Waals surface area contributed by atoms with Crippen LogP contribution in [0.25, 0.3) is 0 Å². The molecule has 14 heavy (non-hydrogen) atoms. The van der Waals surface area contributed by atoms with Gasteiger partial charge in [0, 0.05) is 5.56 Å². The lowest BCUT2D eigenvalue weighted by atomic mass is 10.0. The van der Waals surface area contributed by atoms with Crippen molar-refractivity contribution in [2.24, 2.45) is 5.73 Å². The second-order valence-electron chi connectivity index (χ2n) is 3.39. The third-order valence-electron chi connectivity index (χ3n) is 2.30. The molecule has 0 atom stereocenters. The number of unbranched alkanes of at least 4 members (excludes halogenated alkanes) is 1. The van der Waals surface area contributed by atoms with E-state index in [9.17, 15) is 8.78 Å². The third-order valence-corrected chi connectivity index (χ3v) is 2.30. The number of nitrogens with two attached hydrogens (primary N) is 1. The van der Waals surface area contributed by atoms with Gasteiger partial charge in [-0.2, -0.15) is 0 Å². The monoisotopic (exact) mass is 199 g/mol. The highest BCUT2D eigenvalue weighted by Crippen LogP contribution is 2.17. The van der Waals surface area contributed by atoms with Crippen LogP contribution in [0.15, 0.2) is 12.1 Å². The molecule has 0 bridgehead atoms. The number of rotatable bonds is 4. The Kier molecular flexibility index (Phi) is 4.01. The molecule has 0 amide bonds. The molecule has 2 N–H and O–H groups in total. The van der Waals surface area contributed by atoms with Crippen LogP contribution >= 0.6 is 0 Å². The summed E-state index contributed by atoms with van der Waals surface area (Å²) in [6, 6.07) is 2.82. The van der Waals surface area contributed by atoms with Crippen molar-refractivity contribution in [2.75, 3.05) is 6.54 Å². The zero-order valence-corrected chi connectivity index (χ0v) is 8.32. The van der Waals surface area contributed by atoms with Crippen molar-refractivity contribution in [2.45, 2.75) is 26.2 Å². The van der Waals surface area contributed by atoms with Gasteiger partial charge in [0.15, 0.2) is 0 Å². The highest BCUT2D eigenvalue weighted by atomic mass is 19.1. The van der Waals surface area contributed by atoms with E-state index in [0.29, 0.717) is 18.5 Å². The SMILES string of the molecule is Cc1c(F)ccc(CCCCN)c1F. The first-order chi connectivity index (χ1) is 6.66. The third kappa shape index (κ3) is 2.51. The fourth-order valence-electron chi connectivity index (χ4n) is 1.37. The van der Waals surface area contributed by atoms with Gasteiger partial charge >= 0.3 is 0 Å². The second-order valence-corrected chi connectivity index (χ2v) is 3.39. The van der Waals surface area contributed by atoms with E-state index in [-0.39, 0.29) is 5.56 Å². The fourth-order valence-corrected chi connectivity index (χ4v) is 1.37. The van der Waals surface area contributed by atoms with Gasteiger partial charge in [0.25, 0.3) is 0 Å². The molecule has 1 nitrogen and oxygen atoms in total. The maximum atomic E-state index is 13.4. The zero-order valence-electron chi connectivity index (χ0n) is 8.32. The Hall–Kier alpha value is -0.960. The molecule has 3 heteroatoms. The Labute approximate surface area is 82.9 Å². The van der Waals surface area contributed by atoms with Gasteiger partial charge in [-0.25, -0.2) is 8.78 Å². The van der Waals surface area contributed by atoms with Gasteiger partial charge in [-0.1, -0.05) is 6.07 Å². The zero-order chi connectivity index (χ0) is 10.6. The molecule has 0 radical (unpaired) electrons. The Morgan fingerprint density at radius 1 is 1.21 bits per heavy atom. The molecule has 0 aliphatic carbocycles. The minimum absolute atomic E-state index is 0.107. The second kappa shape index (κ2) is 5.05. The standard InChI is InChI=1S/C11H15F2N/c1-8-10(12)6-5-9(11(8)13)4-2-3-7-14/h5-6H,2-4,7,14H2,1H3. The highest BCUT2D eigenvalue weighted by molar-refractivity contribution is 5.26. The maximum absolute atomic E-state index is 13.4. The normalized spacial score (nSPS) is 10.6. The lowest BCUT2D eigenvalue weighted by Crippen LogP contribution is -2.01. The Morgan fingerprint density at radius 3 is 2.57 bits per heavy atom. The van der Waals surface area contributed by atoms with Crippen molar-refractivity contribution in [3.63, 3.8) is 0 Å². The van der Waals surface area contributed by atoms with Crippen LogP contribution in [0.1, 0.15) is 24.0 Å². The molecule has 0 unspecified atom stereocenters. The van der Waals surface area contributed by atoms with Gasteiger partial charge in [-0.15, -0.1) is 0 Å². The van der Waals surface area contributed by atoms with Crippen molar-refractivity contribution < 1.29 is 8.78 Å². The fraction of sp³-hybridized carbons (Fsp3) is 0.455. The van der Waals surface area contributed by atoms with Crippen LogP contribution in [0.5, 0.6) is 0 Å². The smallest absolute Gasteiger partial charge is 0.132 e. The largest absolute Gasteiger partial charge is 0.330 e. The number of hydrogen-bond donors (Lipinski definition) is 1. The Morgan fingerprint density at radius 2 is 1.93 bits per heavy atom. The average Bonchev–Trinajstić information content (AvgIpc) is 2.18. The summed E-state index contributed by atoms with van der Waals surface area (Å²) >= 11 is 0. The number of hydrogen-bond acceptors (Lipinski definition) is 1. The van der Waals surface area contributed by atoms with E-state index in [1.54, 1.807) is 0 Å². The molecule has 0 aromatic heterocycles. The van der Waals surface area contributed by atoms with Crippen LogP contribution in [-0.2, 0) is 6.42 Å². The van der Waals surface area contributed by atoms with Crippen molar-refractivity contribution in [1.82, 2.24) is 0 Å². The first-order valence-corrected chi connectivity index (χ1v) is 4.80. The average molecular weight is 199 g/mol. The number of benzene rings is 1. The number of halogens is 2. The summed E-state index contributed by atoms with van der Waals surface area (Å²) in [4.78, 5) is 0. The van der Waals surface area contributed by atoms with Crippen molar-refractivity contribution in [1.29, 1.82) is 0 Å². The molecule has 0 saturated carbocycles. The van der Waals surface area contributed by atoms with Gasteiger partial charge in [0.1, 0.15) is 11.6 Å². The van der Waals surface area contributed by atoms with E-state index in [1.165, 1.54) is 19.1 Å². The summed E-state index contributed by atoms with van der Waals surface area (Å²) < 4.78 is 26.3. The summed E-state index contributed by atoms with van der Waals surface area (Å²) in [6.45, 7) is 2.07. The van der Waals surface area contributed by atoms with Crippen molar-refractivity contribution >= 4 is 0 Å².